The van der Waals surface area contributed by atoms with Gasteiger partial charge in [-0.2, -0.15) is 0 Å². The van der Waals surface area contributed by atoms with Crippen molar-refractivity contribution < 1.29 is 9.90 Å². The van der Waals surface area contributed by atoms with Gasteiger partial charge in [-0.1, -0.05) is 28.1 Å². The van der Waals surface area contributed by atoms with Crippen molar-refractivity contribution in [3.63, 3.8) is 0 Å². The van der Waals surface area contributed by atoms with Gasteiger partial charge in [0.25, 0.3) is 0 Å². The molecule has 0 fully saturated rings. The Kier molecular flexibility index (Phi) is 3.75. The van der Waals surface area contributed by atoms with E-state index in [0.29, 0.717) is 12.2 Å². The van der Waals surface area contributed by atoms with Crippen LogP contribution >= 0.6 is 15.9 Å². The minimum atomic E-state index is -0.825. The maximum absolute atomic E-state index is 11.1. The molecule has 2 rings (SSSR count). The van der Waals surface area contributed by atoms with Gasteiger partial charge in [0.2, 0.25) is 0 Å². The summed E-state index contributed by atoms with van der Waals surface area (Å²) in [5, 5.41) is 9.11. The van der Waals surface area contributed by atoms with Crippen LogP contribution in [-0.4, -0.2) is 21.0 Å². The Balaban J connectivity index is 2.20. The zero-order valence-electron chi connectivity index (χ0n) is 10.8. The number of nitrogens with one attached hydrogen (secondary N) is 1. The van der Waals surface area contributed by atoms with Crippen LogP contribution in [0.4, 0.5) is 0 Å². The van der Waals surface area contributed by atoms with Crippen molar-refractivity contribution in [1.29, 1.82) is 0 Å². The van der Waals surface area contributed by atoms with Crippen molar-refractivity contribution in [2.24, 2.45) is 5.41 Å². The van der Waals surface area contributed by atoms with Gasteiger partial charge >= 0.3 is 5.97 Å². The number of rotatable bonds is 4. The lowest BCUT2D eigenvalue weighted by Crippen LogP contribution is -2.26. The first-order valence-corrected chi connectivity index (χ1v) is 6.71. The molecule has 0 unspecified atom stereocenters. The maximum atomic E-state index is 11.1. The lowest BCUT2D eigenvalue weighted by atomic mass is 9.89. The van der Waals surface area contributed by atoms with Crippen LogP contribution in [0.5, 0.6) is 0 Å². The molecular formula is C14H15BrN2O2. The minimum Gasteiger partial charge on any atom is -0.481 e. The summed E-state index contributed by atoms with van der Waals surface area (Å²) in [5.74, 6) is -0.139. The van der Waals surface area contributed by atoms with E-state index in [1.165, 1.54) is 0 Å². The molecule has 0 amide bonds. The second kappa shape index (κ2) is 5.17. The predicted octanol–water partition coefficient (Wildman–Crippen LogP) is 3.49. The molecule has 1 aromatic heterocycles. The Hall–Kier alpha value is -1.62. The molecule has 5 heteroatoms. The molecule has 0 aliphatic carbocycles. The molecule has 2 aromatic rings. The highest BCUT2D eigenvalue weighted by atomic mass is 79.9. The van der Waals surface area contributed by atoms with E-state index in [-0.39, 0.29) is 0 Å². The van der Waals surface area contributed by atoms with Crippen LogP contribution in [0.3, 0.4) is 0 Å². The van der Waals surface area contributed by atoms with Gasteiger partial charge in [-0.3, -0.25) is 4.79 Å². The number of nitrogens with zero attached hydrogens (tertiary/aromatic N) is 1. The zero-order chi connectivity index (χ0) is 14.0. The lowest BCUT2D eigenvalue weighted by molar-refractivity contribution is -0.146. The van der Waals surface area contributed by atoms with Gasteiger partial charge in [-0.25, -0.2) is 4.98 Å². The second-order valence-electron chi connectivity index (χ2n) is 5.12. The fraction of sp³-hybridized carbons (Fsp3) is 0.286. The van der Waals surface area contributed by atoms with Gasteiger partial charge in [0, 0.05) is 10.9 Å². The van der Waals surface area contributed by atoms with Crippen molar-refractivity contribution >= 4 is 21.9 Å². The summed E-state index contributed by atoms with van der Waals surface area (Å²) >= 11 is 3.39. The standard InChI is InChI=1S/C14H15BrN2O2/c1-14(2,13(18)19)7-12-16-8-11(17-12)9-3-5-10(15)6-4-9/h3-6,8H,7H2,1-2H3,(H,16,17)(H,18,19). The van der Waals surface area contributed by atoms with Crippen LogP contribution in [0, 0.1) is 5.41 Å². The first-order chi connectivity index (χ1) is 8.88. The molecule has 0 saturated carbocycles. The fourth-order valence-corrected chi connectivity index (χ4v) is 1.99. The van der Waals surface area contributed by atoms with E-state index < -0.39 is 11.4 Å². The van der Waals surface area contributed by atoms with Gasteiger partial charge in [0.1, 0.15) is 5.82 Å². The van der Waals surface area contributed by atoms with Crippen LogP contribution in [-0.2, 0) is 11.2 Å². The molecule has 0 atom stereocenters. The number of imidazole rings is 1. The summed E-state index contributed by atoms with van der Waals surface area (Å²) in [4.78, 5) is 18.5. The summed E-state index contributed by atoms with van der Waals surface area (Å²) in [6.07, 6.45) is 2.11. The average Bonchev–Trinajstić information content (AvgIpc) is 2.77. The molecule has 0 aliphatic rings. The maximum Gasteiger partial charge on any atom is 0.309 e. The third-order valence-electron chi connectivity index (χ3n) is 2.97. The Bertz CT molecular complexity index is 588. The zero-order valence-corrected chi connectivity index (χ0v) is 12.4. The van der Waals surface area contributed by atoms with E-state index in [1.807, 2.05) is 24.3 Å². The van der Waals surface area contributed by atoms with E-state index in [9.17, 15) is 4.79 Å². The van der Waals surface area contributed by atoms with Gasteiger partial charge in [0.05, 0.1) is 17.3 Å². The van der Waals surface area contributed by atoms with E-state index in [4.69, 9.17) is 5.11 Å². The third kappa shape index (κ3) is 3.23. The number of aromatic nitrogens is 2. The Labute approximate surface area is 120 Å². The summed E-state index contributed by atoms with van der Waals surface area (Å²) < 4.78 is 1.02. The largest absolute Gasteiger partial charge is 0.481 e. The normalized spacial score (nSPS) is 11.5. The number of carboxylic acid groups (broad SMARTS) is 1. The molecule has 0 aliphatic heterocycles. The molecule has 19 heavy (non-hydrogen) atoms. The summed E-state index contributed by atoms with van der Waals surface area (Å²) in [7, 11) is 0. The van der Waals surface area contributed by atoms with Gasteiger partial charge < -0.3 is 10.1 Å². The van der Waals surface area contributed by atoms with Crippen LogP contribution < -0.4 is 0 Å². The van der Waals surface area contributed by atoms with Crippen molar-refractivity contribution in [3.05, 3.63) is 40.8 Å². The molecule has 0 saturated heterocycles. The first kappa shape index (κ1) is 13.8. The van der Waals surface area contributed by atoms with Gasteiger partial charge in [-0.05, 0) is 31.5 Å². The average molecular weight is 323 g/mol. The highest BCUT2D eigenvalue weighted by Crippen LogP contribution is 2.24. The number of carbonyl (C=O) groups is 1. The van der Waals surface area contributed by atoms with Crippen molar-refractivity contribution in [2.75, 3.05) is 0 Å². The Morgan fingerprint density at radius 1 is 1.37 bits per heavy atom. The summed E-state index contributed by atoms with van der Waals surface area (Å²) in [6.45, 7) is 3.38. The van der Waals surface area contributed by atoms with Gasteiger partial charge in [0.15, 0.2) is 0 Å². The summed E-state index contributed by atoms with van der Waals surface area (Å²) in [5.41, 5.74) is 1.09. The summed E-state index contributed by atoms with van der Waals surface area (Å²) in [6, 6.07) is 7.86. The molecule has 0 bridgehead atoms. The molecular weight excluding hydrogens is 308 g/mol. The molecule has 4 nitrogen and oxygen atoms in total. The van der Waals surface area contributed by atoms with E-state index in [0.717, 1.165) is 15.7 Å². The van der Waals surface area contributed by atoms with Crippen molar-refractivity contribution in [1.82, 2.24) is 9.97 Å². The van der Waals surface area contributed by atoms with Crippen LogP contribution in [0.25, 0.3) is 11.3 Å². The fourth-order valence-electron chi connectivity index (χ4n) is 1.72. The number of H-pyrrole nitrogens is 1. The Morgan fingerprint density at radius 2 is 2.00 bits per heavy atom. The van der Waals surface area contributed by atoms with Crippen LogP contribution in [0.15, 0.2) is 34.9 Å². The quantitative estimate of drug-likeness (QED) is 0.905. The highest BCUT2D eigenvalue weighted by Gasteiger charge is 2.28. The Morgan fingerprint density at radius 3 is 2.58 bits per heavy atom. The molecule has 100 valence electrons. The van der Waals surface area contributed by atoms with Crippen LogP contribution in [0.2, 0.25) is 0 Å². The van der Waals surface area contributed by atoms with Crippen LogP contribution in [0.1, 0.15) is 19.7 Å². The van der Waals surface area contributed by atoms with E-state index in [1.54, 1.807) is 20.0 Å². The van der Waals surface area contributed by atoms with Crippen molar-refractivity contribution in [3.8, 4) is 11.3 Å². The number of hydrogen-bond acceptors (Lipinski definition) is 2. The first-order valence-electron chi connectivity index (χ1n) is 5.92. The third-order valence-corrected chi connectivity index (χ3v) is 3.50. The predicted molar refractivity (Wildman–Crippen MR) is 76.8 cm³/mol. The minimum absolute atomic E-state index is 0.374. The van der Waals surface area contributed by atoms with E-state index in [2.05, 4.69) is 25.9 Å². The number of carboxylic acids is 1. The highest BCUT2D eigenvalue weighted by molar-refractivity contribution is 9.10. The molecule has 0 spiro atoms. The molecule has 1 heterocycles. The van der Waals surface area contributed by atoms with E-state index >= 15 is 0 Å². The number of aliphatic carboxylic acids is 1. The monoisotopic (exact) mass is 322 g/mol. The number of benzene rings is 1. The topological polar surface area (TPSA) is 66.0 Å². The van der Waals surface area contributed by atoms with Gasteiger partial charge in [-0.15, -0.1) is 0 Å². The number of hydrogen-bond donors (Lipinski definition) is 2. The molecule has 2 N–H and O–H groups in total. The molecule has 0 radical (unpaired) electrons. The smallest absolute Gasteiger partial charge is 0.309 e. The molecule has 1 aromatic carbocycles. The number of halogens is 1. The van der Waals surface area contributed by atoms with Crippen molar-refractivity contribution in [2.45, 2.75) is 20.3 Å². The number of aromatic amines is 1. The SMILES string of the molecule is CC(C)(Cc1ncc(-c2ccc(Br)cc2)[nH]1)C(=O)O. The second-order valence-corrected chi connectivity index (χ2v) is 6.03. The lowest BCUT2D eigenvalue weighted by Gasteiger charge is -2.16.